The molecule has 2 N–H and O–H groups in total. The number of unbranched alkanes of at least 4 members (excludes halogenated alkanes) is 3. The lowest BCUT2D eigenvalue weighted by molar-refractivity contribution is 0.234. The molecule has 1 fully saturated rings. The second kappa shape index (κ2) is 12.9. The Hall–Kier alpha value is -1.44. The van der Waals surface area contributed by atoms with E-state index in [0.717, 1.165) is 30.4 Å². The van der Waals surface area contributed by atoms with Gasteiger partial charge in [-0.25, -0.2) is 0 Å². The zero-order valence-corrected chi connectivity index (χ0v) is 18.6. The fourth-order valence-corrected chi connectivity index (χ4v) is 4.92. The minimum atomic E-state index is 0.609. The molecule has 2 aliphatic carbocycles. The molecule has 0 bridgehead atoms. The van der Waals surface area contributed by atoms with E-state index in [9.17, 15) is 0 Å². The highest BCUT2D eigenvalue weighted by Crippen LogP contribution is 2.38. The van der Waals surface area contributed by atoms with Gasteiger partial charge in [0, 0.05) is 24.5 Å². The lowest BCUT2D eigenvalue weighted by atomic mass is 9.73. The van der Waals surface area contributed by atoms with Crippen molar-refractivity contribution in [3.05, 3.63) is 48.4 Å². The first-order valence-electron chi connectivity index (χ1n) is 11.8. The maximum Gasteiger partial charge on any atom is 0.0266 e. The third-order valence-electron chi connectivity index (χ3n) is 6.47. The zero-order chi connectivity index (χ0) is 20.2. The van der Waals surface area contributed by atoms with Crippen molar-refractivity contribution in [2.45, 2.75) is 96.4 Å². The molecule has 0 heterocycles. The van der Waals surface area contributed by atoms with Gasteiger partial charge in [0.1, 0.15) is 0 Å². The first-order valence-corrected chi connectivity index (χ1v) is 11.8. The largest absolute Gasteiger partial charge is 0.392 e. The van der Waals surface area contributed by atoms with Crippen LogP contribution in [0.3, 0.4) is 0 Å². The van der Waals surface area contributed by atoms with E-state index in [2.05, 4.69) is 48.9 Å². The van der Waals surface area contributed by atoms with Crippen LogP contribution in [-0.2, 0) is 0 Å². The minimum absolute atomic E-state index is 0.609. The molecule has 0 saturated heterocycles. The van der Waals surface area contributed by atoms with Gasteiger partial charge in [0.05, 0.1) is 0 Å². The molecule has 28 heavy (non-hydrogen) atoms. The van der Waals surface area contributed by atoms with Gasteiger partial charge in [-0.15, -0.1) is 0 Å². The van der Waals surface area contributed by atoms with Gasteiger partial charge >= 0.3 is 0 Å². The van der Waals surface area contributed by atoms with Crippen molar-refractivity contribution in [1.82, 2.24) is 10.6 Å². The first kappa shape index (κ1) is 22.8. The van der Waals surface area contributed by atoms with Crippen LogP contribution in [0.2, 0.25) is 0 Å². The molecule has 0 amide bonds. The molecular weight excluding hydrogens is 340 g/mol. The highest BCUT2D eigenvalue weighted by atomic mass is 14.9. The number of hydrogen-bond acceptors (Lipinski definition) is 2. The predicted molar refractivity (Wildman–Crippen MR) is 124 cm³/mol. The van der Waals surface area contributed by atoms with Gasteiger partial charge in [-0.1, -0.05) is 64.0 Å². The van der Waals surface area contributed by atoms with Crippen molar-refractivity contribution in [1.29, 1.82) is 0 Å². The van der Waals surface area contributed by atoms with Crippen LogP contribution in [0.15, 0.2) is 48.4 Å². The molecule has 0 aromatic heterocycles. The summed E-state index contributed by atoms with van der Waals surface area (Å²) in [4.78, 5) is 0. The van der Waals surface area contributed by atoms with Gasteiger partial charge in [-0.2, -0.15) is 0 Å². The molecule has 0 aliphatic heterocycles. The fourth-order valence-electron chi connectivity index (χ4n) is 4.92. The standard InChI is InChI=1S/C26H44N2/c1-5-13-23-18-25(24-16-11-8-12-17-24)20-26(19-23)28-22(3)15-10-7-6-9-14-21(2)27-4/h11,16-17,23,25-28H,2-3,5-10,12-15,18-20H2,1,4H3. The Kier molecular flexibility index (Phi) is 10.5. The highest BCUT2D eigenvalue weighted by Gasteiger charge is 2.30. The van der Waals surface area contributed by atoms with E-state index < -0.39 is 0 Å². The fraction of sp³-hybridized carbons (Fsp3) is 0.692. The third-order valence-corrected chi connectivity index (χ3v) is 6.47. The molecule has 3 atom stereocenters. The minimum Gasteiger partial charge on any atom is -0.392 e. The molecule has 2 nitrogen and oxygen atoms in total. The van der Waals surface area contributed by atoms with Gasteiger partial charge in [0.25, 0.3) is 0 Å². The molecule has 2 aliphatic rings. The van der Waals surface area contributed by atoms with Crippen LogP contribution in [0, 0.1) is 11.8 Å². The van der Waals surface area contributed by atoms with E-state index in [-0.39, 0.29) is 0 Å². The number of nitrogens with one attached hydrogen (secondary N) is 2. The second-order valence-electron chi connectivity index (χ2n) is 8.96. The molecule has 2 heteroatoms. The van der Waals surface area contributed by atoms with Crippen LogP contribution in [0.1, 0.15) is 90.4 Å². The smallest absolute Gasteiger partial charge is 0.0266 e. The van der Waals surface area contributed by atoms with Crippen LogP contribution in [-0.4, -0.2) is 13.1 Å². The van der Waals surface area contributed by atoms with E-state index in [4.69, 9.17) is 0 Å². The van der Waals surface area contributed by atoms with Gasteiger partial charge in [-0.05, 0) is 75.2 Å². The van der Waals surface area contributed by atoms with Gasteiger partial charge in [-0.3, -0.25) is 0 Å². The number of hydrogen-bond donors (Lipinski definition) is 2. The molecule has 0 spiro atoms. The highest BCUT2D eigenvalue weighted by molar-refractivity contribution is 5.26. The molecule has 3 unspecified atom stereocenters. The Bertz CT molecular complexity index is 543. The summed E-state index contributed by atoms with van der Waals surface area (Å²) in [7, 11) is 1.96. The summed E-state index contributed by atoms with van der Waals surface area (Å²) in [5.74, 6) is 1.61. The van der Waals surface area contributed by atoms with Crippen LogP contribution >= 0.6 is 0 Å². The van der Waals surface area contributed by atoms with Gasteiger partial charge < -0.3 is 10.6 Å². The van der Waals surface area contributed by atoms with Crippen LogP contribution in [0.25, 0.3) is 0 Å². The molecular formula is C26H44N2. The Balaban J connectivity index is 1.72. The number of rotatable bonds is 13. The normalized spacial score (nSPS) is 24.5. The van der Waals surface area contributed by atoms with Crippen molar-refractivity contribution >= 4 is 0 Å². The van der Waals surface area contributed by atoms with E-state index >= 15 is 0 Å². The number of allylic oxidation sites excluding steroid dienone is 6. The van der Waals surface area contributed by atoms with E-state index in [1.165, 1.54) is 76.3 Å². The lowest BCUT2D eigenvalue weighted by Crippen LogP contribution is -2.37. The predicted octanol–water partition coefficient (Wildman–Crippen LogP) is 7.02. The quantitative estimate of drug-likeness (QED) is 0.333. The van der Waals surface area contributed by atoms with Gasteiger partial charge in [0.2, 0.25) is 0 Å². The maximum absolute atomic E-state index is 4.35. The molecule has 2 rings (SSSR count). The summed E-state index contributed by atoms with van der Waals surface area (Å²) in [5.41, 5.74) is 4.02. The maximum atomic E-state index is 4.35. The summed E-state index contributed by atoms with van der Waals surface area (Å²) in [6, 6.07) is 0.609. The van der Waals surface area contributed by atoms with E-state index in [1.54, 1.807) is 5.57 Å². The van der Waals surface area contributed by atoms with Gasteiger partial charge in [0.15, 0.2) is 0 Å². The summed E-state index contributed by atoms with van der Waals surface area (Å²) >= 11 is 0. The van der Waals surface area contributed by atoms with Crippen molar-refractivity contribution in [3.8, 4) is 0 Å². The Morgan fingerprint density at radius 1 is 1.00 bits per heavy atom. The van der Waals surface area contributed by atoms with Crippen molar-refractivity contribution in [3.63, 3.8) is 0 Å². The first-order chi connectivity index (χ1) is 13.6. The monoisotopic (exact) mass is 384 g/mol. The second-order valence-corrected chi connectivity index (χ2v) is 8.96. The summed E-state index contributed by atoms with van der Waals surface area (Å²) in [6.07, 6.45) is 23.7. The summed E-state index contributed by atoms with van der Waals surface area (Å²) in [5, 5.41) is 6.96. The zero-order valence-electron chi connectivity index (χ0n) is 18.6. The Morgan fingerprint density at radius 3 is 2.39 bits per heavy atom. The summed E-state index contributed by atoms with van der Waals surface area (Å²) < 4.78 is 0. The Morgan fingerprint density at radius 2 is 1.75 bits per heavy atom. The summed E-state index contributed by atoms with van der Waals surface area (Å²) in [6.45, 7) is 10.7. The SMILES string of the molecule is C=C(CCCCCCC(=C)NC1CC(CCC)CC(C2=CCCC=C2)C1)NC. The molecule has 1 saturated carbocycles. The van der Waals surface area contributed by atoms with Crippen molar-refractivity contribution in [2.75, 3.05) is 7.05 Å². The van der Waals surface area contributed by atoms with Crippen LogP contribution in [0.5, 0.6) is 0 Å². The van der Waals surface area contributed by atoms with Crippen LogP contribution < -0.4 is 10.6 Å². The third kappa shape index (κ3) is 8.29. The van der Waals surface area contributed by atoms with E-state index in [0.29, 0.717) is 6.04 Å². The molecule has 0 radical (unpaired) electrons. The molecule has 0 aromatic carbocycles. The van der Waals surface area contributed by atoms with Crippen molar-refractivity contribution < 1.29 is 0 Å². The average Bonchev–Trinajstić information content (AvgIpc) is 2.71. The topological polar surface area (TPSA) is 24.1 Å². The average molecular weight is 385 g/mol. The lowest BCUT2D eigenvalue weighted by Gasteiger charge is -2.37. The van der Waals surface area contributed by atoms with E-state index in [1.807, 2.05) is 7.05 Å². The van der Waals surface area contributed by atoms with Crippen molar-refractivity contribution in [2.24, 2.45) is 11.8 Å². The molecule has 158 valence electrons. The van der Waals surface area contributed by atoms with Crippen LogP contribution in [0.4, 0.5) is 0 Å². The molecule has 0 aromatic rings. The Labute approximate surface area is 174 Å².